The molecule has 0 fully saturated rings. The van der Waals surface area contributed by atoms with Crippen LogP contribution in [0.1, 0.15) is 41.7 Å². The normalized spacial score (nSPS) is 11.4. The smallest absolute Gasteiger partial charge is 0.421 e. The highest BCUT2D eigenvalue weighted by Crippen LogP contribution is 2.37. The van der Waals surface area contributed by atoms with Gasteiger partial charge in [0.2, 0.25) is 5.88 Å². The summed E-state index contributed by atoms with van der Waals surface area (Å²) in [5.74, 6) is 1.16. The number of hydrogen-bond donors (Lipinski definition) is 1. The Balaban J connectivity index is 1.70. The van der Waals surface area contributed by atoms with E-state index in [0.717, 1.165) is 33.6 Å². The Labute approximate surface area is 237 Å². The summed E-state index contributed by atoms with van der Waals surface area (Å²) in [5, 5.41) is 0. The number of amides is 1. The van der Waals surface area contributed by atoms with Crippen LogP contribution in [0.3, 0.4) is 0 Å². The van der Waals surface area contributed by atoms with E-state index >= 15 is 0 Å². The van der Waals surface area contributed by atoms with Gasteiger partial charge >= 0.3 is 6.09 Å². The monoisotopic (exact) mass is 581 g/mol. The van der Waals surface area contributed by atoms with Crippen molar-refractivity contribution in [2.75, 3.05) is 13.7 Å². The van der Waals surface area contributed by atoms with Crippen molar-refractivity contribution in [2.24, 2.45) is 5.92 Å². The predicted molar refractivity (Wildman–Crippen MR) is 154 cm³/mol. The zero-order valence-corrected chi connectivity index (χ0v) is 24.3. The molecule has 0 bridgehead atoms. The molecule has 0 saturated heterocycles. The number of hydrogen-bond acceptors (Lipinski definition) is 8. The van der Waals surface area contributed by atoms with Crippen molar-refractivity contribution in [3.05, 3.63) is 76.8 Å². The van der Waals surface area contributed by atoms with Gasteiger partial charge < -0.3 is 14.0 Å². The van der Waals surface area contributed by atoms with Gasteiger partial charge in [-0.15, -0.1) is 11.3 Å². The largest absolute Gasteiger partial charge is 0.479 e. The molecule has 210 valence electrons. The van der Waals surface area contributed by atoms with Crippen LogP contribution < -0.4 is 9.46 Å². The number of thiophene rings is 1. The third-order valence-corrected chi connectivity index (χ3v) is 9.02. The van der Waals surface area contributed by atoms with Gasteiger partial charge in [0.1, 0.15) is 15.7 Å². The van der Waals surface area contributed by atoms with Gasteiger partial charge in [-0.3, -0.25) is 4.79 Å². The second kappa shape index (κ2) is 12.5. The first-order valence-electron chi connectivity index (χ1n) is 12.7. The Bertz CT molecular complexity index is 1590. The van der Waals surface area contributed by atoms with Gasteiger partial charge in [0.25, 0.3) is 10.0 Å². The van der Waals surface area contributed by atoms with Crippen LogP contribution in [0.2, 0.25) is 0 Å². The number of carbonyl (C=O) groups excluding carboxylic acids is 2. The number of benzene rings is 2. The molecule has 0 aliphatic heterocycles. The van der Waals surface area contributed by atoms with Crippen LogP contribution in [0.5, 0.6) is 5.88 Å². The molecule has 0 radical (unpaired) electrons. The summed E-state index contributed by atoms with van der Waals surface area (Å²) in [5.41, 5.74) is 3.22. The third kappa shape index (κ3) is 6.43. The number of ether oxygens (including phenoxy) is 2. The van der Waals surface area contributed by atoms with E-state index in [9.17, 15) is 18.0 Å². The molecule has 4 aromatic rings. The molecule has 0 aliphatic carbocycles. The van der Waals surface area contributed by atoms with E-state index in [-0.39, 0.29) is 16.7 Å². The fourth-order valence-electron chi connectivity index (χ4n) is 4.29. The molecule has 2 aromatic heterocycles. The lowest BCUT2D eigenvalue weighted by atomic mass is 10.0. The Morgan fingerprint density at radius 2 is 1.80 bits per heavy atom. The molecule has 0 aliphatic rings. The van der Waals surface area contributed by atoms with Crippen LogP contribution >= 0.6 is 11.3 Å². The number of methoxy groups -OCH3 is 1. The molecule has 40 heavy (non-hydrogen) atoms. The standard InChI is InChI=1S/C29H31N3O6S2/c1-5-38-29(34)31-40(35,36)28-24(16-23(39-28)15-19(2)3)21-13-11-20(12-14-21)17-32-25(18-33)27(37-4)30-26(32)22-9-7-6-8-10-22/h6-14,16,18-19H,5,15,17H2,1-4H3,(H,31,34). The van der Waals surface area contributed by atoms with Crippen molar-refractivity contribution in [3.63, 3.8) is 0 Å². The zero-order chi connectivity index (χ0) is 28.9. The third-order valence-electron chi connectivity index (χ3n) is 6.01. The number of aldehydes is 1. The minimum atomic E-state index is -4.15. The van der Waals surface area contributed by atoms with Crippen molar-refractivity contribution < 1.29 is 27.5 Å². The molecule has 9 nitrogen and oxygen atoms in total. The highest BCUT2D eigenvalue weighted by atomic mass is 32.2. The second-order valence-electron chi connectivity index (χ2n) is 9.43. The second-order valence-corrected chi connectivity index (χ2v) is 12.4. The van der Waals surface area contributed by atoms with E-state index in [1.165, 1.54) is 7.11 Å². The molecule has 0 atom stereocenters. The van der Waals surface area contributed by atoms with Crippen molar-refractivity contribution in [2.45, 2.75) is 37.9 Å². The topological polar surface area (TPSA) is 117 Å². The summed E-state index contributed by atoms with van der Waals surface area (Å²) in [6.07, 6.45) is 0.407. The minimum absolute atomic E-state index is 0.0536. The molecule has 2 aromatic carbocycles. The van der Waals surface area contributed by atoms with E-state index in [1.54, 1.807) is 11.5 Å². The molecule has 0 spiro atoms. The lowest BCUT2D eigenvalue weighted by molar-refractivity contribution is 0.111. The average molecular weight is 582 g/mol. The highest BCUT2D eigenvalue weighted by Gasteiger charge is 2.26. The van der Waals surface area contributed by atoms with Gasteiger partial charge in [-0.25, -0.2) is 17.9 Å². The van der Waals surface area contributed by atoms with E-state index in [0.29, 0.717) is 41.5 Å². The van der Waals surface area contributed by atoms with Crippen LogP contribution in [0.15, 0.2) is 64.9 Å². The Morgan fingerprint density at radius 3 is 2.40 bits per heavy atom. The highest BCUT2D eigenvalue weighted by molar-refractivity contribution is 7.92. The molecule has 2 heterocycles. The van der Waals surface area contributed by atoms with Gasteiger partial charge in [-0.05, 0) is 36.5 Å². The van der Waals surface area contributed by atoms with Gasteiger partial charge in [0.15, 0.2) is 6.29 Å². The van der Waals surface area contributed by atoms with Crippen molar-refractivity contribution >= 4 is 33.7 Å². The maximum atomic E-state index is 13.1. The number of rotatable bonds is 11. The van der Waals surface area contributed by atoms with Crippen molar-refractivity contribution in [1.29, 1.82) is 0 Å². The van der Waals surface area contributed by atoms with Crippen LogP contribution in [0.4, 0.5) is 4.79 Å². The number of sulfonamides is 1. The molecular weight excluding hydrogens is 550 g/mol. The minimum Gasteiger partial charge on any atom is -0.479 e. The molecule has 1 N–H and O–H groups in total. The van der Waals surface area contributed by atoms with Gasteiger partial charge in [0, 0.05) is 22.5 Å². The summed E-state index contributed by atoms with van der Waals surface area (Å²) < 4.78 is 40.3. The number of imidazole rings is 1. The van der Waals surface area contributed by atoms with Crippen LogP contribution in [-0.2, 0) is 27.7 Å². The Morgan fingerprint density at radius 1 is 1.10 bits per heavy atom. The van der Waals surface area contributed by atoms with E-state index < -0.39 is 16.1 Å². The number of nitrogens with one attached hydrogen (secondary N) is 1. The molecule has 11 heteroatoms. The first-order valence-corrected chi connectivity index (χ1v) is 15.0. The van der Waals surface area contributed by atoms with E-state index in [4.69, 9.17) is 9.47 Å². The van der Waals surface area contributed by atoms with E-state index in [2.05, 4.69) is 18.8 Å². The summed E-state index contributed by atoms with van der Waals surface area (Å²) >= 11 is 1.14. The first kappa shape index (κ1) is 29.0. The van der Waals surface area contributed by atoms with Crippen molar-refractivity contribution in [1.82, 2.24) is 14.3 Å². The van der Waals surface area contributed by atoms with Crippen molar-refractivity contribution in [3.8, 4) is 28.4 Å². The number of carbonyl (C=O) groups is 2. The van der Waals surface area contributed by atoms with Gasteiger partial charge in [0.05, 0.1) is 13.7 Å². The molecular formula is C29H31N3O6S2. The summed E-state index contributed by atoms with van der Waals surface area (Å²) in [7, 11) is -2.68. The summed E-state index contributed by atoms with van der Waals surface area (Å²) in [4.78, 5) is 29.3. The SMILES string of the molecule is CCOC(=O)NS(=O)(=O)c1sc(CC(C)C)cc1-c1ccc(Cn2c(-c3ccccc3)nc(OC)c2C=O)cc1. The summed E-state index contributed by atoms with van der Waals surface area (Å²) in [6.45, 7) is 6.11. The zero-order valence-electron chi connectivity index (χ0n) is 22.7. The predicted octanol–water partition coefficient (Wildman–Crippen LogP) is 5.78. The molecule has 4 rings (SSSR count). The first-order chi connectivity index (χ1) is 19.2. The Hall–Kier alpha value is -3.96. The lowest BCUT2D eigenvalue weighted by Gasteiger charge is -2.11. The van der Waals surface area contributed by atoms with Crippen LogP contribution in [0, 0.1) is 5.92 Å². The molecule has 0 saturated carbocycles. The molecule has 0 unspecified atom stereocenters. The van der Waals surface area contributed by atoms with Crippen LogP contribution in [-0.4, -0.2) is 44.1 Å². The fraction of sp³-hybridized carbons (Fsp3) is 0.276. The number of aromatic nitrogens is 2. The molecule has 1 amide bonds. The Kier molecular flexibility index (Phi) is 9.06. The van der Waals surface area contributed by atoms with E-state index in [1.807, 2.05) is 65.4 Å². The van der Waals surface area contributed by atoms with Gasteiger partial charge in [-0.2, -0.15) is 4.98 Å². The maximum Gasteiger partial charge on any atom is 0.421 e. The maximum absolute atomic E-state index is 13.1. The quantitative estimate of drug-likeness (QED) is 0.223. The van der Waals surface area contributed by atoms with Gasteiger partial charge in [-0.1, -0.05) is 68.4 Å². The number of nitrogens with zero attached hydrogens (tertiary/aromatic N) is 2. The summed E-state index contributed by atoms with van der Waals surface area (Å²) in [6, 6.07) is 18.8. The average Bonchev–Trinajstić information content (AvgIpc) is 3.51. The van der Waals surface area contributed by atoms with Crippen LogP contribution in [0.25, 0.3) is 22.5 Å². The fourth-order valence-corrected chi connectivity index (χ4v) is 7.13. The lowest BCUT2D eigenvalue weighted by Crippen LogP contribution is -2.30.